The van der Waals surface area contributed by atoms with Crippen LogP contribution in [0.1, 0.15) is 11.1 Å². The number of hydrogen-bond donors (Lipinski definition) is 2. The highest BCUT2D eigenvalue weighted by molar-refractivity contribution is 7.93. The number of nitrogens with zero attached hydrogens (tertiary/aromatic N) is 2. The smallest absolute Gasteiger partial charge is 0.278 e. The predicted molar refractivity (Wildman–Crippen MR) is 118 cm³/mol. The van der Waals surface area contributed by atoms with Gasteiger partial charge in [0.05, 0.1) is 33.1 Å². The first kappa shape index (κ1) is 24.0. The number of nitro groups is 1. The summed E-state index contributed by atoms with van der Waals surface area (Å²) < 4.78 is 67.5. The molecule has 0 aliphatic rings. The van der Waals surface area contributed by atoms with E-state index >= 15 is 0 Å². The van der Waals surface area contributed by atoms with Crippen LogP contribution < -0.4 is 10.1 Å². The van der Waals surface area contributed by atoms with Gasteiger partial charge in [-0.05, 0) is 24.3 Å². The van der Waals surface area contributed by atoms with Crippen LogP contribution in [-0.2, 0) is 16.2 Å². The van der Waals surface area contributed by atoms with E-state index in [1.807, 2.05) is 0 Å². The van der Waals surface area contributed by atoms with E-state index in [2.05, 4.69) is 15.2 Å². The minimum Gasteiger partial charge on any atom is -0.278 e. The maximum Gasteiger partial charge on any atom is 0.417 e. The molecule has 0 fully saturated rings. The van der Waals surface area contributed by atoms with E-state index in [0.717, 1.165) is 30.5 Å². The lowest BCUT2D eigenvalue weighted by Gasteiger charge is -2.13. The quantitative estimate of drug-likeness (QED) is 0.253. The van der Waals surface area contributed by atoms with Gasteiger partial charge in [0.1, 0.15) is 4.90 Å². The molecule has 0 heterocycles. The number of benzene rings is 3. The second kappa shape index (κ2) is 9.46. The summed E-state index contributed by atoms with van der Waals surface area (Å²) >= 11 is 5.98. The Morgan fingerprint density at radius 2 is 1.67 bits per heavy atom. The van der Waals surface area contributed by atoms with Crippen molar-refractivity contribution in [2.75, 3.05) is 10.1 Å². The zero-order valence-electron chi connectivity index (χ0n) is 16.4. The molecule has 0 saturated heterocycles. The van der Waals surface area contributed by atoms with Crippen molar-refractivity contribution in [2.24, 2.45) is 5.10 Å². The molecular formula is C20H14ClF3N4O4S. The van der Waals surface area contributed by atoms with Crippen molar-refractivity contribution in [1.29, 1.82) is 0 Å². The number of hydrazone groups is 1. The van der Waals surface area contributed by atoms with Gasteiger partial charge in [-0.3, -0.25) is 20.3 Å². The molecule has 3 aromatic rings. The highest BCUT2D eigenvalue weighted by Gasteiger charge is 2.32. The van der Waals surface area contributed by atoms with Crippen molar-refractivity contribution < 1.29 is 26.5 Å². The number of para-hydroxylation sites is 1. The molecule has 2 N–H and O–H groups in total. The maximum atomic E-state index is 13.1. The van der Waals surface area contributed by atoms with Crippen LogP contribution in [-0.4, -0.2) is 19.6 Å². The predicted octanol–water partition coefficient (Wildman–Crippen LogP) is 5.51. The third-order valence-corrected chi connectivity index (χ3v) is 5.97. The summed E-state index contributed by atoms with van der Waals surface area (Å²) in [6.45, 7) is 0. The second-order valence-corrected chi connectivity index (χ2v) is 8.54. The Balaban J connectivity index is 1.98. The number of nitrogens with one attached hydrogen (secondary N) is 2. The molecule has 0 spiro atoms. The lowest BCUT2D eigenvalue weighted by Crippen LogP contribution is -2.15. The van der Waals surface area contributed by atoms with E-state index in [4.69, 9.17) is 11.6 Å². The van der Waals surface area contributed by atoms with Crippen LogP contribution in [0.25, 0.3) is 0 Å². The van der Waals surface area contributed by atoms with Crippen LogP contribution >= 0.6 is 11.6 Å². The van der Waals surface area contributed by atoms with E-state index in [9.17, 15) is 31.7 Å². The van der Waals surface area contributed by atoms with Crippen molar-refractivity contribution in [3.63, 3.8) is 0 Å². The Bertz CT molecular complexity index is 1330. The molecule has 0 aliphatic heterocycles. The van der Waals surface area contributed by atoms with Gasteiger partial charge >= 0.3 is 6.18 Å². The molecule has 0 atom stereocenters. The summed E-state index contributed by atoms with van der Waals surface area (Å²) in [5.74, 6) is 0. The van der Waals surface area contributed by atoms with Gasteiger partial charge in [-0.2, -0.15) is 18.3 Å². The van der Waals surface area contributed by atoms with Crippen molar-refractivity contribution in [2.45, 2.75) is 11.1 Å². The van der Waals surface area contributed by atoms with Crippen LogP contribution in [0.3, 0.4) is 0 Å². The Morgan fingerprint density at radius 1 is 1.00 bits per heavy atom. The lowest BCUT2D eigenvalue weighted by atomic mass is 10.1. The van der Waals surface area contributed by atoms with Gasteiger partial charge in [-0.15, -0.1) is 0 Å². The van der Waals surface area contributed by atoms with Gasteiger partial charge in [-0.25, -0.2) is 8.42 Å². The monoisotopic (exact) mass is 498 g/mol. The number of rotatable bonds is 7. The summed E-state index contributed by atoms with van der Waals surface area (Å²) in [5, 5.41) is 14.9. The van der Waals surface area contributed by atoms with Gasteiger partial charge in [0.2, 0.25) is 0 Å². The second-order valence-electron chi connectivity index (χ2n) is 6.48. The average Bonchev–Trinajstić information content (AvgIpc) is 2.75. The highest BCUT2D eigenvalue weighted by atomic mass is 35.5. The van der Waals surface area contributed by atoms with Crippen LogP contribution in [0, 0.1) is 10.1 Å². The summed E-state index contributed by atoms with van der Waals surface area (Å²) in [6.07, 6.45) is -3.76. The van der Waals surface area contributed by atoms with E-state index in [0.29, 0.717) is 0 Å². The molecule has 0 unspecified atom stereocenters. The molecule has 0 saturated carbocycles. The zero-order chi connectivity index (χ0) is 24.2. The number of anilines is 2. The first-order chi connectivity index (χ1) is 15.5. The van der Waals surface area contributed by atoms with Gasteiger partial charge in [0, 0.05) is 17.7 Å². The standard InChI is InChI=1S/C20H14ClF3N4O4S/c21-16-7-3-4-8-17(16)27-33(31,32)19-11-14(28(29)30)9-10-18(19)26-25-12-13-5-1-2-6-15(13)20(22,23)24/h1-12,26-27H/b25-12+. The van der Waals surface area contributed by atoms with E-state index in [1.54, 1.807) is 6.07 Å². The summed E-state index contributed by atoms with van der Waals surface area (Å²) in [5.41, 5.74) is 0.435. The molecule has 0 radical (unpaired) electrons. The van der Waals surface area contributed by atoms with Crippen molar-refractivity contribution >= 4 is 44.9 Å². The number of non-ortho nitro benzene ring substituents is 1. The molecule has 0 amide bonds. The van der Waals surface area contributed by atoms with E-state index in [1.165, 1.54) is 36.4 Å². The third kappa shape index (κ3) is 5.79. The van der Waals surface area contributed by atoms with E-state index in [-0.39, 0.29) is 22.0 Å². The summed E-state index contributed by atoms with van der Waals surface area (Å²) in [4.78, 5) is 9.80. The van der Waals surface area contributed by atoms with Crippen molar-refractivity contribution in [3.05, 3.63) is 93.0 Å². The average molecular weight is 499 g/mol. The molecular weight excluding hydrogens is 485 g/mol. The first-order valence-corrected chi connectivity index (χ1v) is 10.9. The van der Waals surface area contributed by atoms with Crippen molar-refractivity contribution in [1.82, 2.24) is 0 Å². The number of nitro benzene ring substituents is 1. The van der Waals surface area contributed by atoms with Crippen LogP contribution in [0.5, 0.6) is 0 Å². The summed E-state index contributed by atoms with van der Waals surface area (Å²) in [6, 6.07) is 13.5. The fourth-order valence-corrected chi connectivity index (χ4v) is 4.22. The Hall–Kier alpha value is -3.64. The van der Waals surface area contributed by atoms with Crippen molar-refractivity contribution in [3.8, 4) is 0 Å². The molecule has 0 aromatic heterocycles. The number of halogens is 4. The molecule has 3 rings (SSSR count). The molecule has 0 aliphatic carbocycles. The van der Waals surface area contributed by atoms with Gasteiger partial charge < -0.3 is 0 Å². The molecule has 8 nitrogen and oxygen atoms in total. The number of hydrogen-bond acceptors (Lipinski definition) is 6. The number of alkyl halides is 3. The third-order valence-electron chi connectivity index (χ3n) is 4.24. The normalized spacial score (nSPS) is 12.0. The van der Waals surface area contributed by atoms with Crippen LogP contribution in [0.2, 0.25) is 5.02 Å². The molecule has 33 heavy (non-hydrogen) atoms. The first-order valence-electron chi connectivity index (χ1n) is 9.00. The topological polar surface area (TPSA) is 114 Å². The Labute approximate surface area is 190 Å². The maximum absolute atomic E-state index is 13.1. The Kier molecular flexibility index (Phi) is 6.89. The Morgan fingerprint density at radius 3 is 2.33 bits per heavy atom. The highest BCUT2D eigenvalue weighted by Crippen LogP contribution is 2.32. The molecule has 0 bridgehead atoms. The number of sulfonamides is 1. The lowest BCUT2D eigenvalue weighted by molar-refractivity contribution is -0.385. The minimum atomic E-state index is -4.62. The SMILES string of the molecule is O=[N+]([O-])c1ccc(N/N=C/c2ccccc2C(F)(F)F)c(S(=O)(=O)Nc2ccccc2Cl)c1. The van der Waals surface area contributed by atoms with Gasteiger partial charge in [-0.1, -0.05) is 41.9 Å². The zero-order valence-corrected chi connectivity index (χ0v) is 17.9. The fraction of sp³-hybridized carbons (Fsp3) is 0.0500. The largest absolute Gasteiger partial charge is 0.417 e. The fourth-order valence-electron chi connectivity index (χ4n) is 2.72. The van der Waals surface area contributed by atoms with Gasteiger partial charge in [0.25, 0.3) is 15.7 Å². The van der Waals surface area contributed by atoms with E-state index < -0.39 is 37.3 Å². The molecule has 172 valence electrons. The van der Waals surface area contributed by atoms with Crippen LogP contribution in [0.15, 0.2) is 76.7 Å². The van der Waals surface area contributed by atoms with Gasteiger partial charge in [0.15, 0.2) is 0 Å². The molecule has 3 aromatic carbocycles. The summed E-state index contributed by atoms with van der Waals surface area (Å²) in [7, 11) is -4.40. The molecule has 13 heteroatoms. The van der Waals surface area contributed by atoms with Crippen LogP contribution in [0.4, 0.5) is 30.2 Å². The minimum absolute atomic E-state index is 0.0271.